The topological polar surface area (TPSA) is 84.2 Å². The van der Waals surface area contributed by atoms with E-state index in [4.69, 9.17) is 4.74 Å². The molecule has 42 heavy (non-hydrogen) atoms. The van der Waals surface area contributed by atoms with Crippen LogP contribution in [0.25, 0.3) is 0 Å². The average molecular weight is 578 g/mol. The molecule has 1 unspecified atom stereocenters. The number of fused-ring (bicyclic) bond motifs is 3. The fourth-order valence-corrected chi connectivity index (χ4v) is 10.0. The summed E-state index contributed by atoms with van der Waals surface area (Å²) >= 11 is 0. The van der Waals surface area contributed by atoms with Crippen LogP contribution in [0.2, 0.25) is 0 Å². The van der Waals surface area contributed by atoms with Gasteiger partial charge in [0, 0.05) is 23.7 Å². The van der Waals surface area contributed by atoms with Crippen molar-refractivity contribution in [3.05, 3.63) is 23.3 Å². The average Bonchev–Trinajstić information content (AvgIpc) is 2.86. The molecule has 0 aliphatic heterocycles. The summed E-state index contributed by atoms with van der Waals surface area (Å²) in [6.07, 6.45) is 12.5. The molecule has 232 valence electrons. The van der Waals surface area contributed by atoms with Crippen LogP contribution in [0.4, 0.5) is 0 Å². The van der Waals surface area contributed by atoms with Gasteiger partial charge in [-0.3, -0.25) is 14.4 Å². The Morgan fingerprint density at radius 3 is 2.29 bits per heavy atom. The molecule has 5 heteroatoms. The van der Waals surface area contributed by atoms with Gasteiger partial charge in [0.15, 0.2) is 11.6 Å². The quantitative estimate of drug-likeness (QED) is 0.283. The summed E-state index contributed by atoms with van der Waals surface area (Å²) < 4.78 is 5.54. The first-order valence-electron chi connectivity index (χ1n) is 16.4. The van der Waals surface area contributed by atoms with Gasteiger partial charge in [0.05, 0.1) is 11.7 Å². The van der Waals surface area contributed by atoms with Gasteiger partial charge in [-0.2, -0.15) is 5.26 Å². The number of carbonyl (C=O) groups excluding carboxylic acids is 3. The van der Waals surface area contributed by atoms with Crippen molar-refractivity contribution >= 4 is 17.5 Å². The standard InChI is InChI=1S/C37H55NO4/c1-24(2)42-30(40)12-14-37(17-15-32(4,5)20-25(37)3)18-16-34(8)22-27(39)19-29-35(9)21-26(23-38)31(41)33(6,7)28(35)11-13-36(29,34)10/h19,21,24-25,28H,11-18,20,22H2,1-10H3/t25?,28-,34+,35-,36+,37+/m0/s1. The number of esters is 1. The normalized spacial score (nSPS) is 39.0. The highest BCUT2D eigenvalue weighted by molar-refractivity contribution is 6.04. The summed E-state index contributed by atoms with van der Waals surface area (Å²) in [6.45, 7) is 21.7. The van der Waals surface area contributed by atoms with Gasteiger partial charge >= 0.3 is 5.97 Å². The summed E-state index contributed by atoms with van der Waals surface area (Å²) in [7, 11) is 0. The lowest BCUT2D eigenvalue weighted by atomic mass is 9.40. The maximum absolute atomic E-state index is 13.6. The maximum Gasteiger partial charge on any atom is 0.306 e. The zero-order valence-electron chi connectivity index (χ0n) is 28.0. The van der Waals surface area contributed by atoms with Crippen LogP contribution in [0.15, 0.2) is 23.3 Å². The summed E-state index contributed by atoms with van der Waals surface area (Å²) in [5, 5.41) is 9.91. The predicted molar refractivity (Wildman–Crippen MR) is 166 cm³/mol. The van der Waals surface area contributed by atoms with Crippen molar-refractivity contribution < 1.29 is 19.1 Å². The Kier molecular flexibility index (Phi) is 8.36. The van der Waals surface area contributed by atoms with E-state index < -0.39 is 10.8 Å². The van der Waals surface area contributed by atoms with Gasteiger partial charge in [-0.1, -0.05) is 67.0 Å². The molecule has 0 aromatic carbocycles. The Bertz CT molecular complexity index is 1250. The molecule has 0 spiro atoms. The fraction of sp³-hybridized carbons (Fsp3) is 0.784. The Balaban J connectivity index is 1.69. The number of nitriles is 1. The molecular weight excluding hydrogens is 522 g/mol. The van der Waals surface area contributed by atoms with Crippen LogP contribution in [0, 0.1) is 55.7 Å². The van der Waals surface area contributed by atoms with Crippen LogP contribution in [0.3, 0.4) is 0 Å². The SMILES string of the molecule is CC(C)OC(=O)CC[C@]1(CC[C@]2(C)CC(=O)C=C3[C@@]4(C)C=C(C#N)C(=O)C(C)(C)[C@@H]4CC[C@]32C)CCC(C)(C)CC1C. The maximum atomic E-state index is 13.6. The molecule has 2 fully saturated rings. The van der Waals surface area contributed by atoms with E-state index in [1.807, 2.05) is 39.8 Å². The van der Waals surface area contributed by atoms with Gasteiger partial charge in [0.25, 0.3) is 0 Å². The van der Waals surface area contributed by atoms with Crippen LogP contribution >= 0.6 is 0 Å². The number of hydrogen-bond donors (Lipinski definition) is 0. The number of rotatable bonds is 7. The molecule has 2 saturated carbocycles. The van der Waals surface area contributed by atoms with E-state index in [0.29, 0.717) is 18.8 Å². The third-order valence-corrected chi connectivity index (χ3v) is 12.9. The summed E-state index contributed by atoms with van der Waals surface area (Å²) in [6, 6.07) is 2.19. The molecule has 4 rings (SSSR count). The van der Waals surface area contributed by atoms with Gasteiger partial charge in [-0.05, 0) is 105 Å². The predicted octanol–water partition coefficient (Wildman–Crippen LogP) is 8.72. The van der Waals surface area contributed by atoms with Crippen molar-refractivity contribution in [3.63, 3.8) is 0 Å². The Hall–Kier alpha value is -2.22. The number of ketones is 2. The molecular formula is C37H55NO4. The van der Waals surface area contributed by atoms with Gasteiger partial charge in [-0.25, -0.2) is 0 Å². The molecule has 6 atom stereocenters. The molecule has 0 aromatic rings. The number of nitrogens with zero attached hydrogens (tertiary/aromatic N) is 1. The molecule has 0 bridgehead atoms. The van der Waals surface area contributed by atoms with Crippen molar-refractivity contribution in [2.75, 3.05) is 0 Å². The molecule has 4 aliphatic carbocycles. The molecule has 0 radical (unpaired) electrons. The van der Waals surface area contributed by atoms with Gasteiger partial charge < -0.3 is 4.74 Å². The highest BCUT2D eigenvalue weighted by Crippen LogP contribution is 2.69. The first-order valence-corrected chi connectivity index (χ1v) is 16.4. The van der Waals surface area contributed by atoms with Gasteiger partial charge in [-0.15, -0.1) is 0 Å². The third-order valence-electron chi connectivity index (χ3n) is 12.9. The second-order valence-electron chi connectivity index (χ2n) is 16.9. The van der Waals surface area contributed by atoms with Crippen molar-refractivity contribution in [2.24, 2.45) is 44.3 Å². The molecule has 0 amide bonds. The minimum absolute atomic E-state index is 0.0312. The van der Waals surface area contributed by atoms with Crippen LogP contribution < -0.4 is 0 Å². The van der Waals surface area contributed by atoms with E-state index in [1.54, 1.807) is 0 Å². The molecule has 4 aliphatic rings. The Labute approximate surface area is 254 Å². The van der Waals surface area contributed by atoms with E-state index in [9.17, 15) is 19.6 Å². The van der Waals surface area contributed by atoms with Crippen LogP contribution in [0.1, 0.15) is 133 Å². The van der Waals surface area contributed by atoms with Crippen molar-refractivity contribution in [1.29, 1.82) is 5.26 Å². The minimum Gasteiger partial charge on any atom is -0.463 e. The Morgan fingerprint density at radius 1 is 1.02 bits per heavy atom. The largest absolute Gasteiger partial charge is 0.463 e. The van der Waals surface area contributed by atoms with E-state index in [2.05, 4.69) is 47.6 Å². The molecule has 0 saturated heterocycles. The van der Waals surface area contributed by atoms with E-state index in [-0.39, 0.29) is 56.8 Å². The number of hydrogen-bond acceptors (Lipinski definition) is 5. The zero-order chi connectivity index (χ0) is 31.5. The molecule has 0 heterocycles. The highest BCUT2D eigenvalue weighted by Gasteiger charge is 2.63. The molecule has 5 nitrogen and oxygen atoms in total. The van der Waals surface area contributed by atoms with E-state index in [0.717, 1.165) is 56.9 Å². The number of ether oxygens (including phenoxy) is 1. The van der Waals surface area contributed by atoms with Crippen molar-refractivity contribution in [2.45, 2.75) is 140 Å². The molecule has 0 aromatic heterocycles. The number of carbonyl (C=O) groups is 3. The van der Waals surface area contributed by atoms with E-state index in [1.165, 1.54) is 0 Å². The first-order chi connectivity index (χ1) is 19.3. The van der Waals surface area contributed by atoms with Crippen LogP contribution in [-0.4, -0.2) is 23.6 Å². The minimum atomic E-state index is -0.660. The van der Waals surface area contributed by atoms with Gasteiger partial charge in [0.1, 0.15) is 6.07 Å². The number of Topliss-reactive ketones (excluding diaryl/α,β-unsaturated/α-hetero) is 1. The Morgan fingerprint density at radius 2 is 1.69 bits per heavy atom. The third kappa shape index (κ3) is 5.35. The van der Waals surface area contributed by atoms with Crippen molar-refractivity contribution in [1.82, 2.24) is 0 Å². The first kappa shape index (κ1) is 32.7. The lowest BCUT2D eigenvalue weighted by Gasteiger charge is -2.63. The highest BCUT2D eigenvalue weighted by atomic mass is 16.5. The second-order valence-corrected chi connectivity index (χ2v) is 16.9. The van der Waals surface area contributed by atoms with Crippen molar-refractivity contribution in [3.8, 4) is 6.07 Å². The lowest BCUT2D eigenvalue weighted by molar-refractivity contribution is -0.148. The second kappa shape index (κ2) is 10.7. The smallest absolute Gasteiger partial charge is 0.306 e. The fourth-order valence-electron chi connectivity index (χ4n) is 10.0. The summed E-state index contributed by atoms with van der Waals surface area (Å²) in [4.78, 5) is 39.5. The summed E-state index contributed by atoms with van der Waals surface area (Å²) in [5.74, 6) is 0.481. The lowest BCUT2D eigenvalue weighted by Crippen LogP contribution is -2.58. The van der Waals surface area contributed by atoms with Crippen LogP contribution in [0.5, 0.6) is 0 Å². The van der Waals surface area contributed by atoms with Crippen LogP contribution in [-0.2, 0) is 19.1 Å². The summed E-state index contributed by atoms with van der Waals surface area (Å²) in [5.41, 5.74) is 0.00164. The zero-order valence-corrected chi connectivity index (χ0v) is 28.0. The van der Waals surface area contributed by atoms with Gasteiger partial charge in [0.2, 0.25) is 0 Å². The number of allylic oxidation sites excluding steroid dienone is 4. The molecule has 0 N–H and O–H groups in total. The monoisotopic (exact) mass is 577 g/mol. The van der Waals surface area contributed by atoms with E-state index >= 15 is 0 Å².